The normalized spacial score (nSPS) is 12.8. The molecule has 24 heavy (non-hydrogen) atoms. The number of imide groups is 1. The van der Waals surface area contributed by atoms with Crippen molar-refractivity contribution in [2.45, 2.75) is 0 Å². The molecule has 2 aromatic rings. The molecule has 2 amide bonds. The fraction of sp³-hybridized carbons (Fsp3) is 0.133. The molecule has 1 aromatic heterocycles. The fourth-order valence-corrected chi connectivity index (χ4v) is 3.04. The number of methoxy groups -OCH3 is 2. The van der Waals surface area contributed by atoms with Gasteiger partial charge in [-0.25, -0.2) is 0 Å². The van der Waals surface area contributed by atoms with E-state index >= 15 is 0 Å². The van der Waals surface area contributed by atoms with Gasteiger partial charge in [0.15, 0.2) is 11.5 Å². The highest BCUT2D eigenvalue weighted by Gasteiger charge is 2.32. The Morgan fingerprint density at radius 3 is 2.29 bits per heavy atom. The van der Waals surface area contributed by atoms with Crippen LogP contribution in [-0.4, -0.2) is 30.6 Å². The monoisotopic (exact) mass is 393 g/mol. The van der Waals surface area contributed by atoms with Gasteiger partial charge in [0, 0.05) is 22.7 Å². The molecule has 0 saturated heterocycles. The Hall–Kier alpha value is -2.81. The van der Waals surface area contributed by atoms with Crippen molar-refractivity contribution in [3.8, 4) is 17.2 Å². The Morgan fingerprint density at radius 2 is 1.67 bits per heavy atom. The molecular weight excluding hydrogens is 382 g/mol. The number of hydrogen-bond donors (Lipinski definition) is 2. The number of fused-ring (bicyclic) bond motifs is 1. The number of ether oxygens (including phenoxy) is 2. The van der Waals surface area contributed by atoms with Crippen molar-refractivity contribution in [1.29, 1.82) is 0 Å². The third-order valence-corrected chi connectivity index (χ3v) is 4.28. The van der Waals surface area contributed by atoms with Crippen molar-refractivity contribution in [2.75, 3.05) is 20.0 Å². The number of pyridine rings is 1. The van der Waals surface area contributed by atoms with E-state index in [1.807, 2.05) is 0 Å². The summed E-state index contributed by atoms with van der Waals surface area (Å²) in [5.41, 5.74) is 5.75. The first kappa shape index (κ1) is 16.1. The largest absolute Gasteiger partial charge is 0.493 e. The van der Waals surface area contributed by atoms with Crippen molar-refractivity contribution in [2.24, 2.45) is 0 Å². The Bertz CT molecular complexity index is 951. The average molecular weight is 394 g/mol. The Balaban J connectivity index is 2.33. The standard InChI is InChI=1S/C15H12BrN3O5/c1-23-9-4-7(16)8(5-10(9)24-2)19-11(20)3-6-12(13(19)17)15(22)18-14(6)21/h3-5H,17H2,1-2H3,(H,18,21,22). The Kier molecular flexibility index (Phi) is 3.80. The van der Waals surface area contributed by atoms with E-state index in [-0.39, 0.29) is 16.9 Å². The van der Waals surface area contributed by atoms with Crippen LogP contribution in [0.3, 0.4) is 0 Å². The van der Waals surface area contributed by atoms with Crippen LogP contribution in [0.2, 0.25) is 0 Å². The highest BCUT2D eigenvalue weighted by Crippen LogP contribution is 2.36. The van der Waals surface area contributed by atoms with Gasteiger partial charge >= 0.3 is 0 Å². The molecular formula is C15H12BrN3O5. The molecule has 124 valence electrons. The van der Waals surface area contributed by atoms with Crippen molar-refractivity contribution >= 4 is 33.6 Å². The molecule has 0 bridgehead atoms. The lowest BCUT2D eigenvalue weighted by atomic mass is 10.1. The van der Waals surface area contributed by atoms with Gasteiger partial charge in [-0.3, -0.25) is 24.3 Å². The van der Waals surface area contributed by atoms with Crippen molar-refractivity contribution in [1.82, 2.24) is 9.88 Å². The van der Waals surface area contributed by atoms with Gasteiger partial charge in [0.05, 0.1) is 31.0 Å². The number of carbonyl (C=O) groups is 2. The summed E-state index contributed by atoms with van der Waals surface area (Å²) < 4.78 is 12.0. The van der Waals surface area contributed by atoms with Gasteiger partial charge in [-0.15, -0.1) is 0 Å². The van der Waals surface area contributed by atoms with Crippen LogP contribution in [0, 0.1) is 0 Å². The lowest BCUT2D eigenvalue weighted by Gasteiger charge is -2.16. The number of aromatic nitrogens is 1. The number of carbonyl (C=O) groups excluding carboxylic acids is 2. The second-order valence-electron chi connectivity index (χ2n) is 4.93. The molecule has 0 aliphatic carbocycles. The molecule has 0 atom stereocenters. The Morgan fingerprint density at radius 1 is 1.04 bits per heavy atom. The Labute approximate surface area is 144 Å². The highest BCUT2D eigenvalue weighted by atomic mass is 79.9. The van der Waals surface area contributed by atoms with Crippen LogP contribution >= 0.6 is 15.9 Å². The molecule has 1 aliphatic rings. The van der Waals surface area contributed by atoms with E-state index in [0.29, 0.717) is 21.7 Å². The van der Waals surface area contributed by atoms with E-state index in [1.165, 1.54) is 14.2 Å². The third-order valence-electron chi connectivity index (χ3n) is 3.65. The molecule has 0 saturated carbocycles. The van der Waals surface area contributed by atoms with E-state index in [9.17, 15) is 14.4 Å². The number of nitrogens with one attached hydrogen (secondary N) is 1. The molecule has 0 fully saturated rings. The van der Waals surface area contributed by atoms with Gasteiger partial charge < -0.3 is 15.2 Å². The summed E-state index contributed by atoms with van der Waals surface area (Å²) in [4.78, 5) is 36.1. The van der Waals surface area contributed by atoms with Crippen LogP contribution in [0.4, 0.5) is 5.82 Å². The molecule has 0 unspecified atom stereocenters. The van der Waals surface area contributed by atoms with Crippen LogP contribution in [0.15, 0.2) is 27.5 Å². The maximum atomic E-state index is 12.5. The summed E-state index contributed by atoms with van der Waals surface area (Å²) in [5.74, 6) is -0.583. The summed E-state index contributed by atoms with van der Waals surface area (Å²) in [6.45, 7) is 0. The molecule has 0 spiro atoms. The summed E-state index contributed by atoms with van der Waals surface area (Å²) in [6.07, 6.45) is 0. The number of hydrogen-bond acceptors (Lipinski definition) is 6. The van der Waals surface area contributed by atoms with Crippen LogP contribution in [0.1, 0.15) is 20.7 Å². The van der Waals surface area contributed by atoms with E-state index in [0.717, 1.165) is 10.6 Å². The maximum Gasteiger partial charge on any atom is 0.262 e. The van der Waals surface area contributed by atoms with Crippen molar-refractivity contribution in [3.05, 3.63) is 44.2 Å². The third kappa shape index (κ3) is 2.24. The highest BCUT2D eigenvalue weighted by molar-refractivity contribution is 9.10. The topological polar surface area (TPSA) is 113 Å². The SMILES string of the molecule is COc1cc(Br)c(-n2c(N)c3c(cc2=O)C(=O)NC3=O)cc1OC. The van der Waals surface area contributed by atoms with Gasteiger partial charge in [-0.1, -0.05) is 0 Å². The van der Waals surface area contributed by atoms with Gasteiger partial charge in [0.25, 0.3) is 17.4 Å². The smallest absolute Gasteiger partial charge is 0.262 e. The van der Waals surface area contributed by atoms with E-state index in [1.54, 1.807) is 12.1 Å². The second-order valence-corrected chi connectivity index (χ2v) is 5.79. The molecule has 2 heterocycles. The summed E-state index contributed by atoms with van der Waals surface area (Å²) in [7, 11) is 2.94. The van der Waals surface area contributed by atoms with Gasteiger partial charge in [-0.2, -0.15) is 0 Å². The lowest BCUT2D eigenvalue weighted by molar-refractivity contribution is 0.0880. The molecule has 3 N–H and O–H groups in total. The number of nitrogens with zero attached hydrogens (tertiary/aromatic N) is 1. The van der Waals surface area contributed by atoms with E-state index < -0.39 is 17.4 Å². The predicted octanol–water partition coefficient (Wildman–Crippen LogP) is 1.08. The number of nitrogen functional groups attached to an aromatic ring is 1. The van der Waals surface area contributed by atoms with Gasteiger partial charge in [0.1, 0.15) is 5.82 Å². The van der Waals surface area contributed by atoms with Gasteiger partial charge in [-0.05, 0) is 15.9 Å². The molecule has 0 radical (unpaired) electrons. The number of rotatable bonds is 3. The molecule has 1 aliphatic heterocycles. The van der Waals surface area contributed by atoms with Gasteiger partial charge in [0.2, 0.25) is 0 Å². The minimum Gasteiger partial charge on any atom is -0.493 e. The molecule has 3 rings (SSSR count). The first-order chi connectivity index (χ1) is 11.4. The summed E-state index contributed by atoms with van der Waals surface area (Å²) in [6, 6.07) is 4.23. The number of nitrogens with two attached hydrogens (primary N) is 1. The summed E-state index contributed by atoms with van der Waals surface area (Å²) >= 11 is 3.35. The first-order valence-electron chi connectivity index (χ1n) is 6.72. The lowest BCUT2D eigenvalue weighted by Crippen LogP contribution is -2.24. The van der Waals surface area contributed by atoms with Crippen LogP contribution in [0.5, 0.6) is 11.5 Å². The zero-order chi connectivity index (χ0) is 17.6. The maximum absolute atomic E-state index is 12.5. The van der Waals surface area contributed by atoms with Crippen molar-refractivity contribution < 1.29 is 19.1 Å². The quantitative estimate of drug-likeness (QED) is 0.754. The zero-order valence-corrected chi connectivity index (χ0v) is 14.3. The molecule has 9 heteroatoms. The van der Waals surface area contributed by atoms with Crippen LogP contribution in [-0.2, 0) is 0 Å². The van der Waals surface area contributed by atoms with Crippen LogP contribution in [0.25, 0.3) is 5.69 Å². The molecule has 1 aromatic carbocycles. The number of benzene rings is 1. The first-order valence-corrected chi connectivity index (χ1v) is 7.51. The average Bonchev–Trinajstić information content (AvgIpc) is 2.82. The van der Waals surface area contributed by atoms with Crippen LogP contribution < -0.4 is 26.1 Å². The predicted molar refractivity (Wildman–Crippen MR) is 89.1 cm³/mol. The summed E-state index contributed by atoms with van der Waals surface area (Å²) in [5, 5.41) is 2.12. The number of amides is 2. The minimum absolute atomic E-state index is 0.0266. The number of halogens is 1. The van der Waals surface area contributed by atoms with E-state index in [2.05, 4.69) is 21.2 Å². The number of anilines is 1. The zero-order valence-electron chi connectivity index (χ0n) is 12.7. The van der Waals surface area contributed by atoms with Crippen molar-refractivity contribution in [3.63, 3.8) is 0 Å². The minimum atomic E-state index is -0.641. The second kappa shape index (κ2) is 5.68. The van der Waals surface area contributed by atoms with E-state index in [4.69, 9.17) is 15.2 Å². The molecule has 8 nitrogen and oxygen atoms in total. The fourth-order valence-electron chi connectivity index (χ4n) is 2.54.